The van der Waals surface area contributed by atoms with E-state index in [0.29, 0.717) is 11.5 Å². The van der Waals surface area contributed by atoms with Crippen molar-refractivity contribution in [3.8, 4) is 0 Å². The van der Waals surface area contributed by atoms with Crippen molar-refractivity contribution in [2.75, 3.05) is 0 Å². The quantitative estimate of drug-likeness (QED) is 0.816. The van der Waals surface area contributed by atoms with E-state index in [1.807, 2.05) is 0 Å². The zero-order valence-corrected chi connectivity index (χ0v) is 10.2. The summed E-state index contributed by atoms with van der Waals surface area (Å²) in [5, 5.41) is 0. The smallest absolute Gasteiger partial charge is 0.0196 e. The van der Waals surface area contributed by atoms with E-state index in [9.17, 15) is 0 Å². The summed E-state index contributed by atoms with van der Waals surface area (Å²) in [6.07, 6.45) is 8.01. The molecule has 2 N–H and O–H groups in total. The van der Waals surface area contributed by atoms with Crippen molar-refractivity contribution in [2.24, 2.45) is 5.73 Å². The molecule has 2 aliphatic carbocycles. The standard InChI is InChI=1S/C13H19NS/c1-9(14)13(6-7-13)12-8-10-4-2-3-5-11(10)15-12/h8-9H,2-7,14H2,1H3. The molecule has 1 aromatic heterocycles. The summed E-state index contributed by atoms with van der Waals surface area (Å²) in [5.74, 6) is 0. The molecule has 1 fully saturated rings. The van der Waals surface area contributed by atoms with Crippen LogP contribution in [0.3, 0.4) is 0 Å². The molecule has 1 unspecified atom stereocenters. The lowest BCUT2D eigenvalue weighted by molar-refractivity contribution is 0.565. The molecule has 0 aromatic carbocycles. The molecule has 1 atom stereocenters. The summed E-state index contributed by atoms with van der Waals surface area (Å²) in [5.41, 5.74) is 8.14. The van der Waals surface area contributed by atoms with E-state index in [-0.39, 0.29) is 0 Å². The number of nitrogens with two attached hydrogens (primary N) is 1. The van der Waals surface area contributed by atoms with Crippen molar-refractivity contribution in [1.29, 1.82) is 0 Å². The SMILES string of the molecule is CC(N)C1(c2cc3c(s2)CCCC3)CC1. The first-order valence-electron chi connectivity index (χ1n) is 6.10. The van der Waals surface area contributed by atoms with E-state index in [4.69, 9.17) is 5.73 Å². The average Bonchev–Trinajstić information content (AvgIpc) is 2.93. The Labute approximate surface area is 95.7 Å². The fraction of sp³-hybridized carbons (Fsp3) is 0.692. The Balaban J connectivity index is 1.96. The number of rotatable bonds is 2. The fourth-order valence-corrected chi connectivity index (χ4v) is 4.40. The normalized spacial score (nSPS) is 24.7. The van der Waals surface area contributed by atoms with E-state index in [2.05, 4.69) is 24.3 Å². The van der Waals surface area contributed by atoms with Crippen LogP contribution in [0.5, 0.6) is 0 Å². The first kappa shape index (κ1) is 9.86. The minimum Gasteiger partial charge on any atom is -0.327 e. The van der Waals surface area contributed by atoms with Crippen LogP contribution in [0.1, 0.15) is 47.9 Å². The summed E-state index contributed by atoms with van der Waals surface area (Å²) in [7, 11) is 0. The van der Waals surface area contributed by atoms with Crippen LogP contribution in [-0.2, 0) is 18.3 Å². The van der Waals surface area contributed by atoms with Gasteiger partial charge in [0, 0.05) is 21.2 Å². The van der Waals surface area contributed by atoms with Crippen molar-refractivity contribution in [1.82, 2.24) is 0 Å². The lowest BCUT2D eigenvalue weighted by atomic mass is 9.93. The first-order valence-corrected chi connectivity index (χ1v) is 6.92. The minimum atomic E-state index is 0.331. The van der Waals surface area contributed by atoms with Crippen molar-refractivity contribution < 1.29 is 0 Å². The third kappa shape index (κ3) is 1.46. The van der Waals surface area contributed by atoms with Crippen LogP contribution in [0.4, 0.5) is 0 Å². The Morgan fingerprint density at radius 2 is 2.07 bits per heavy atom. The highest BCUT2D eigenvalue weighted by Gasteiger charge is 2.48. The topological polar surface area (TPSA) is 26.0 Å². The Morgan fingerprint density at radius 1 is 1.33 bits per heavy atom. The Bertz CT molecular complexity index is 350. The molecule has 2 heteroatoms. The van der Waals surface area contributed by atoms with Gasteiger partial charge in [-0.25, -0.2) is 0 Å². The van der Waals surface area contributed by atoms with Gasteiger partial charge in [-0.05, 0) is 57.1 Å². The maximum absolute atomic E-state index is 6.13. The molecule has 0 saturated heterocycles. The van der Waals surface area contributed by atoms with Gasteiger partial charge in [-0.1, -0.05) is 0 Å². The molecule has 82 valence electrons. The van der Waals surface area contributed by atoms with E-state index < -0.39 is 0 Å². The zero-order chi connectivity index (χ0) is 10.5. The second-order valence-corrected chi connectivity index (χ2v) is 6.35. The van der Waals surface area contributed by atoms with Crippen LogP contribution in [-0.4, -0.2) is 6.04 Å². The molecule has 2 aliphatic rings. The minimum absolute atomic E-state index is 0.331. The second kappa shape index (κ2) is 3.33. The van der Waals surface area contributed by atoms with E-state index in [1.54, 1.807) is 15.3 Å². The molecule has 0 aliphatic heterocycles. The molecular formula is C13H19NS. The Kier molecular flexibility index (Phi) is 2.18. The highest BCUT2D eigenvalue weighted by Crippen LogP contribution is 2.53. The van der Waals surface area contributed by atoms with E-state index in [0.717, 1.165) is 0 Å². The van der Waals surface area contributed by atoms with Crippen molar-refractivity contribution in [3.05, 3.63) is 21.4 Å². The molecule has 1 heterocycles. The number of hydrogen-bond acceptors (Lipinski definition) is 2. The highest BCUT2D eigenvalue weighted by atomic mass is 32.1. The predicted molar refractivity (Wildman–Crippen MR) is 65.5 cm³/mol. The summed E-state index contributed by atoms with van der Waals surface area (Å²) in [6.45, 7) is 2.17. The van der Waals surface area contributed by atoms with Gasteiger partial charge < -0.3 is 5.73 Å². The van der Waals surface area contributed by atoms with Gasteiger partial charge in [0.15, 0.2) is 0 Å². The number of thiophene rings is 1. The van der Waals surface area contributed by atoms with Gasteiger partial charge >= 0.3 is 0 Å². The van der Waals surface area contributed by atoms with E-state index in [1.165, 1.54) is 38.5 Å². The third-order valence-electron chi connectivity index (χ3n) is 4.15. The van der Waals surface area contributed by atoms with Crippen LogP contribution in [0.25, 0.3) is 0 Å². The molecule has 0 bridgehead atoms. The van der Waals surface area contributed by atoms with Gasteiger partial charge in [-0.3, -0.25) is 0 Å². The van der Waals surface area contributed by atoms with Gasteiger partial charge in [-0.2, -0.15) is 0 Å². The van der Waals surface area contributed by atoms with Gasteiger partial charge in [0.2, 0.25) is 0 Å². The monoisotopic (exact) mass is 221 g/mol. The van der Waals surface area contributed by atoms with Gasteiger partial charge in [0.05, 0.1) is 0 Å². The van der Waals surface area contributed by atoms with Crippen LogP contribution >= 0.6 is 11.3 Å². The van der Waals surface area contributed by atoms with Gasteiger partial charge in [0.25, 0.3) is 0 Å². The maximum Gasteiger partial charge on any atom is 0.0196 e. The Hall–Kier alpha value is -0.340. The molecule has 15 heavy (non-hydrogen) atoms. The third-order valence-corrected chi connectivity index (χ3v) is 5.60. The fourth-order valence-electron chi connectivity index (χ4n) is 2.80. The average molecular weight is 221 g/mol. The van der Waals surface area contributed by atoms with Crippen molar-refractivity contribution >= 4 is 11.3 Å². The molecule has 1 saturated carbocycles. The van der Waals surface area contributed by atoms with Gasteiger partial charge in [-0.15, -0.1) is 11.3 Å². The van der Waals surface area contributed by atoms with Crippen LogP contribution in [0, 0.1) is 0 Å². The molecule has 3 rings (SSSR count). The van der Waals surface area contributed by atoms with Crippen LogP contribution in [0.15, 0.2) is 6.07 Å². The lowest BCUT2D eigenvalue weighted by Crippen LogP contribution is -2.30. The number of aryl methyl sites for hydroxylation is 2. The summed E-state index contributed by atoms with van der Waals surface area (Å²) in [6, 6.07) is 2.80. The van der Waals surface area contributed by atoms with Crippen LogP contribution < -0.4 is 5.73 Å². The molecular weight excluding hydrogens is 202 g/mol. The van der Waals surface area contributed by atoms with E-state index >= 15 is 0 Å². The summed E-state index contributed by atoms with van der Waals surface area (Å²) < 4.78 is 0. The second-order valence-electron chi connectivity index (χ2n) is 5.21. The largest absolute Gasteiger partial charge is 0.327 e. The predicted octanol–water partition coefficient (Wildman–Crippen LogP) is 3.01. The molecule has 0 radical (unpaired) electrons. The van der Waals surface area contributed by atoms with Gasteiger partial charge in [0.1, 0.15) is 0 Å². The number of hydrogen-bond donors (Lipinski definition) is 1. The van der Waals surface area contributed by atoms with Crippen LogP contribution in [0.2, 0.25) is 0 Å². The van der Waals surface area contributed by atoms with Crippen molar-refractivity contribution in [3.63, 3.8) is 0 Å². The summed E-state index contributed by atoms with van der Waals surface area (Å²) in [4.78, 5) is 3.24. The Morgan fingerprint density at radius 3 is 2.67 bits per heavy atom. The first-order chi connectivity index (χ1) is 7.22. The number of fused-ring (bicyclic) bond motifs is 1. The van der Waals surface area contributed by atoms with Crippen molar-refractivity contribution in [2.45, 2.75) is 56.9 Å². The highest BCUT2D eigenvalue weighted by molar-refractivity contribution is 7.12. The lowest BCUT2D eigenvalue weighted by Gasteiger charge is -2.17. The molecule has 0 spiro atoms. The molecule has 1 aromatic rings. The maximum atomic E-state index is 6.13. The molecule has 0 amide bonds. The zero-order valence-electron chi connectivity index (χ0n) is 9.38. The molecule has 1 nitrogen and oxygen atoms in total. The summed E-state index contributed by atoms with van der Waals surface area (Å²) >= 11 is 2.05.